The molecule has 0 aliphatic rings. The lowest BCUT2D eigenvalue weighted by Crippen LogP contribution is -2.10. The highest BCUT2D eigenvalue weighted by Gasteiger charge is 2.27. The number of sulfone groups is 1. The van der Waals surface area contributed by atoms with Crippen molar-refractivity contribution in [2.24, 2.45) is 5.92 Å². The lowest BCUT2D eigenvalue weighted by molar-refractivity contribution is 0.549. The maximum atomic E-state index is 15.7. The molecule has 4 nitrogen and oxygen atoms in total. The Morgan fingerprint density at radius 3 is 2.33 bits per heavy atom. The monoisotopic (exact) mass is 534 g/mol. The van der Waals surface area contributed by atoms with E-state index in [-0.39, 0.29) is 11.3 Å². The Morgan fingerprint density at radius 1 is 0.944 bits per heavy atom. The van der Waals surface area contributed by atoms with Gasteiger partial charge in [0.25, 0.3) is 0 Å². The molecule has 188 valence electrons. The van der Waals surface area contributed by atoms with Gasteiger partial charge in [-0.1, -0.05) is 19.9 Å². The highest BCUT2D eigenvalue weighted by Crippen LogP contribution is 2.40. The van der Waals surface area contributed by atoms with E-state index < -0.39 is 49.3 Å². The predicted octanol–water partition coefficient (Wildman–Crippen LogP) is 6.99. The molecule has 2 heterocycles. The number of nitrogens with zero attached hydrogens (tertiary/aromatic N) is 2. The number of hydrogen-bond donors (Lipinski definition) is 0. The van der Waals surface area contributed by atoms with Gasteiger partial charge in [0, 0.05) is 18.0 Å². The molecule has 0 spiro atoms. The third kappa shape index (κ3) is 5.49. The van der Waals surface area contributed by atoms with E-state index >= 15 is 8.78 Å². The molecule has 0 unspecified atom stereocenters. The van der Waals surface area contributed by atoms with Crippen LogP contribution in [0.3, 0.4) is 0 Å². The second-order valence-electron chi connectivity index (χ2n) is 8.68. The van der Waals surface area contributed by atoms with Crippen LogP contribution < -0.4 is 0 Å². The first-order valence-corrected chi connectivity index (χ1v) is 13.6. The number of benzene rings is 2. The van der Waals surface area contributed by atoms with Crippen LogP contribution in [0.4, 0.5) is 17.6 Å². The van der Waals surface area contributed by atoms with Crippen molar-refractivity contribution in [1.82, 2.24) is 9.97 Å². The second-order valence-corrected chi connectivity index (χ2v) is 11.7. The van der Waals surface area contributed by atoms with Crippen molar-refractivity contribution < 1.29 is 26.0 Å². The Kier molecular flexibility index (Phi) is 7.56. The van der Waals surface area contributed by atoms with E-state index in [0.29, 0.717) is 39.9 Å². The Morgan fingerprint density at radius 2 is 1.64 bits per heavy atom. The van der Waals surface area contributed by atoms with E-state index in [9.17, 15) is 17.2 Å². The fourth-order valence-corrected chi connectivity index (χ4v) is 6.21. The second kappa shape index (κ2) is 10.5. The summed E-state index contributed by atoms with van der Waals surface area (Å²) in [6, 6.07) is 7.33. The van der Waals surface area contributed by atoms with Crippen molar-refractivity contribution >= 4 is 21.2 Å². The van der Waals surface area contributed by atoms with Crippen molar-refractivity contribution in [3.05, 3.63) is 88.7 Å². The number of thiazole rings is 1. The SMILES string of the molecule is CC(C)CCc1nc(-c2c(F)ccc(CS(=O)(=O)c3cc(F)ccc3F)c2F)c(-c2ccncc2)s1. The van der Waals surface area contributed by atoms with Gasteiger partial charge in [0.1, 0.15) is 28.2 Å². The molecule has 0 N–H and O–H groups in total. The fraction of sp³-hybridized carbons (Fsp3) is 0.231. The normalized spacial score (nSPS) is 11.9. The molecule has 0 saturated carbocycles. The van der Waals surface area contributed by atoms with Gasteiger partial charge in [0.05, 0.1) is 26.9 Å². The van der Waals surface area contributed by atoms with Gasteiger partial charge >= 0.3 is 0 Å². The maximum Gasteiger partial charge on any atom is 0.185 e. The number of rotatable bonds is 8. The fourth-order valence-electron chi connectivity index (χ4n) is 3.67. The minimum Gasteiger partial charge on any atom is -0.265 e. The summed E-state index contributed by atoms with van der Waals surface area (Å²) in [6.45, 7) is 4.12. The van der Waals surface area contributed by atoms with E-state index in [0.717, 1.165) is 24.6 Å². The van der Waals surface area contributed by atoms with Crippen LogP contribution in [-0.2, 0) is 22.0 Å². The molecule has 36 heavy (non-hydrogen) atoms. The molecule has 0 amide bonds. The standard InChI is InChI=1S/C26H22F4N2O2S2/c1-15(2)3-8-22-32-25(26(35-22)16-9-11-31-12-10-16)23-20(29)6-4-17(24(23)30)14-36(33,34)21-13-18(27)5-7-19(21)28/h4-7,9-13,15H,3,8,14H2,1-2H3. The number of halogens is 4. The van der Waals surface area contributed by atoms with Gasteiger partial charge in [-0.2, -0.15) is 0 Å². The van der Waals surface area contributed by atoms with E-state index in [4.69, 9.17) is 0 Å². The topological polar surface area (TPSA) is 59.9 Å². The summed E-state index contributed by atoms with van der Waals surface area (Å²) in [5.41, 5.74) is -0.142. The van der Waals surface area contributed by atoms with Gasteiger partial charge in [-0.15, -0.1) is 11.3 Å². The molecule has 2 aromatic carbocycles. The van der Waals surface area contributed by atoms with Gasteiger partial charge in [-0.3, -0.25) is 4.98 Å². The molecule has 0 fully saturated rings. The van der Waals surface area contributed by atoms with E-state index in [2.05, 4.69) is 23.8 Å². The van der Waals surface area contributed by atoms with Gasteiger partial charge in [-0.05, 0) is 60.7 Å². The number of aryl methyl sites for hydroxylation is 1. The molecule has 10 heteroatoms. The van der Waals surface area contributed by atoms with Crippen LogP contribution >= 0.6 is 11.3 Å². The molecule has 0 atom stereocenters. The first-order valence-electron chi connectivity index (χ1n) is 11.1. The Balaban J connectivity index is 1.82. The van der Waals surface area contributed by atoms with Gasteiger partial charge in [0.2, 0.25) is 0 Å². The first-order chi connectivity index (χ1) is 17.1. The van der Waals surface area contributed by atoms with Crippen molar-refractivity contribution in [3.63, 3.8) is 0 Å². The molecule has 0 aliphatic heterocycles. The number of pyridine rings is 1. The lowest BCUT2D eigenvalue weighted by Gasteiger charge is -2.11. The van der Waals surface area contributed by atoms with Crippen molar-refractivity contribution in [3.8, 4) is 21.7 Å². The molecule has 2 aromatic heterocycles. The average molecular weight is 535 g/mol. The molecule has 0 radical (unpaired) electrons. The predicted molar refractivity (Wildman–Crippen MR) is 131 cm³/mol. The van der Waals surface area contributed by atoms with Crippen LogP contribution in [0.1, 0.15) is 30.8 Å². The van der Waals surface area contributed by atoms with Crippen LogP contribution in [-0.4, -0.2) is 18.4 Å². The Labute approximate surface area is 210 Å². The highest BCUT2D eigenvalue weighted by molar-refractivity contribution is 7.90. The third-order valence-electron chi connectivity index (χ3n) is 5.53. The summed E-state index contributed by atoms with van der Waals surface area (Å²) in [4.78, 5) is 8.14. The maximum absolute atomic E-state index is 15.7. The average Bonchev–Trinajstić information content (AvgIpc) is 3.25. The summed E-state index contributed by atoms with van der Waals surface area (Å²) < 4.78 is 84.2. The summed E-state index contributed by atoms with van der Waals surface area (Å²) in [7, 11) is -4.48. The highest BCUT2D eigenvalue weighted by atomic mass is 32.2. The quantitative estimate of drug-likeness (QED) is 0.229. The van der Waals surface area contributed by atoms with Gasteiger partial charge in [-0.25, -0.2) is 31.0 Å². The summed E-state index contributed by atoms with van der Waals surface area (Å²) >= 11 is 1.30. The smallest absolute Gasteiger partial charge is 0.185 e. The van der Waals surface area contributed by atoms with Crippen molar-refractivity contribution in [2.45, 2.75) is 37.3 Å². The van der Waals surface area contributed by atoms with Crippen LogP contribution in [0.25, 0.3) is 21.7 Å². The third-order valence-corrected chi connectivity index (χ3v) is 8.37. The molecule has 0 saturated heterocycles. The van der Waals surface area contributed by atoms with Crippen molar-refractivity contribution in [2.75, 3.05) is 0 Å². The van der Waals surface area contributed by atoms with E-state index in [1.807, 2.05) is 0 Å². The van der Waals surface area contributed by atoms with Crippen LogP contribution in [0.2, 0.25) is 0 Å². The molecular weight excluding hydrogens is 512 g/mol. The molecule has 0 aliphatic carbocycles. The van der Waals surface area contributed by atoms with E-state index in [1.165, 1.54) is 11.3 Å². The zero-order valence-corrected chi connectivity index (χ0v) is 21.1. The molecule has 4 rings (SSSR count). The van der Waals surface area contributed by atoms with Gasteiger partial charge in [0.15, 0.2) is 9.84 Å². The van der Waals surface area contributed by atoms with Gasteiger partial charge < -0.3 is 0 Å². The molecular formula is C26H22F4N2O2S2. The largest absolute Gasteiger partial charge is 0.265 e. The Bertz CT molecular complexity index is 1500. The zero-order valence-electron chi connectivity index (χ0n) is 19.4. The Hall–Kier alpha value is -3.11. The van der Waals surface area contributed by atoms with Crippen molar-refractivity contribution in [1.29, 1.82) is 0 Å². The van der Waals surface area contributed by atoms with Crippen LogP contribution in [0.15, 0.2) is 59.8 Å². The number of aromatic nitrogens is 2. The zero-order chi connectivity index (χ0) is 26.0. The summed E-state index contributed by atoms with van der Waals surface area (Å²) in [5, 5.41) is 0.684. The minimum absolute atomic E-state index is 0.0520. The van der Waals surface area contributed by atoms with Crippen LogP contribution in [0, 0.1) is 29.2 Å². The number of hydrogen-bond acceptors (Lipinski definition) is 5. The minimum atomic E-state index is -4.48. The lowest BCUT2D eigenvalue weighted by atomic mass is 10.0. The molecule has 0 bridgehead atoms. The van der Waals surface area contributed by atoms with Crippen LogP contribution in [0.5, 0.6) is 0 Å². The van der Waals surface area contributed by atoms with E-state index in [1.54, 1.807) is 24.5 Å². The first kappa shape index (κ1) is 26.0. The summed E-state index contributed by atoms with van der Waals surface area (Å²) in [6.07, 6.45) is 4.54. The summed E-state index contributed by atoms with van der Waals surface area (Å²) in [5.74, 6) is -4.73. The molecule has 4 aromatic rings.